The molecule has 2 heterocycles. The molecule has 1 aromatic carbocycles. The maximum Gasteiger partial charge on any atom is 0.211 e. The van der Waals surface area contributed by atoms with Crippen molar-refractivity contribution in [3.63, 3.8) is 0 Å². The Hall–Kier alpha value is -1.32. The van der Waals surface area contributed by atoms with Crippen LogP contribution >= 0.6 is 12.4 Å². The molecule has 3 nitrogen and oxygen atoms in total. The van der Waals surface area contributed by atoms with Crippen LogP contribution in [0.1, 0.15) is 24.8 Å². The lowest BCUT2D eigenvalue weighted by molar-refractivity contribution is 0.429. The first-order valence-electron chi connectivity index (χ1n) is 5.68. The zero-order valence-electron chi connectivity index (χ0n) is 9.43. The molecule has 4 heteroatoms. The van der Waals surface area contributed by atoms with Gasteiger partial charge in [0.25, 0.3) is 0 Å². The summed E-state index contributed by atoms with van der Waals surface area (Å²) in [6.45, 7) is 1.06. The predicted molar refractivity (Wildman–Crippen MR) is 69.2 cm³/mol. The van der Waals surface area contributed by atoms with Crippen LogP contribution in [0.3, 0.4) is 0 Å². The van der Waals surface area contributed by atoms with E-state index in [1.807, 2.05) is 30.3 Å². The summed E-state index contributed by atoms with van der Waals surface area (Å²) in [6, 6.07) is 10.4. The highest BCUT2D eigenvalue weighted by molar-refractivity contribution is 5.85. The number of hydrogen-bond donors (Lipinski definition) is 1. The smallest absolute Gasteiger partial charge is 0.211 e. The summed E-state index contributed by atoms with van der Waals surface area (Å²) in [5.41, 5.74) is 2.03. The molecule has 1 N–H and O–H groups in total. The van der Waals surface area contributed by atoms with Crippen LogP contribution in [0.4, 0.5) is 0 Å². The summed E-state index contributed by atoms with van der Waals surface area (Å²) in [7, 11) is 0. The van der Waals surface area contributed by atoms with E-state index in [0.717, 1.165) is 30.1 Å². The summed E-state index contributed by atoms with van der Waals surface area (Å²) in [6.07, 6.45) is 4.06. The Balaban J connectivity index is 0.00000108. The number of nitrogens with zero attached hydrogens (tertiary/aromatic N) is 1. The van der Waals surface area contributed by atoms with Crippen molar-refractivity contribution < 1.29 is 4.42 Å². The molecule has 0 bridgehead atoms. The number of benzene rings is 1. The van der Waals surface area contributed by atoms with Gasteiger partial charge in [0.15, 0.2) is 0 Å². The summed E-state index contributed by atoms with van der Waals surface area (Å²) in [5, 5.41) is 3.38. The highest BCUT2D eigenvalue weighted by Gasteiger charge is 2.21. The molecule has 1 aliphatic rings. The van der Waals surface area contributed by atoms with E-state index < -0.39 is 0 Å². The molecule has 0 spiro atoms. The van der Waals surface area contributed by atoms with Gasteiger partial charge in [0.05, 0.1) is 6.04 Å². The Bertz CT molecular complexity index is 463. The molecule has 2 aromatic rings. The number of oxazole rings is 1. The summed E-state index contributed by atoms with van der Waals surface area (Å²) in [4.78, 5) is 4.53. The number of halogens is 1. The fourth-order valence-electron chi connectivity index (χ4n) is 2.08. The molecule has 0 amide bonds. The van der Waals surface area contributed by atoms with Gasteiger partial charge >= 0.3 is 0 Å². The van der Waals surface area contributed by atoms with E-state index in [4.69, 9.17) is 4.42 Å². The SMILES string of the molecule is Cl.c1ccc(-c2coc([C@@H]3CCCN3)n2)cc1. The van der Waals surface area contributed by atoms with E-state index in [9.17, 15) is 0 Å². The molecule has 0 saturated carbocycles. The van der Waals surface area contributed by atoms with Crippen LogP contribution in [0.15, 0.2) is 41.0 Å². The van der Waals surface area contributed by atoms with Gasteiger partial charge in [0.2, 0.25) is 5.89 Å². The van der Waals surface area contributed by atoms with Crippen LogP contribution in [-0.2, 0) is 0 Å². The Labute approximate surface area is 107 Å². The Morgan fingerprint density at radius 1 is 1.24 bits per heavy atom. The molecule has 0 aliphatic carbocycles. The summed E-state index contributed by atoms with van der Waals surface area (Å²) < 4.78 is 5.53. The van der Waals surface area contributed by atoms with Crippen molar-refractivity contribution in [1.82, 2.24) is 10.3 Å². The van der Waals surface area contributed by atoms with Gasteiger partial charge in [-0.1, -0.05) is 30.3 Å². The van der Waals surface area contributed by atoms with Crippen LogP contribution in [0.25, 0.3) is 11.3 Å². The molecule has 1 aromatic heterocycles. The van der Waals surface area contributed by atoms with Crippen LogP contribution in [0, 0.1) is 0 Å². The quantitative estimate of drug-likeness (QED) is 0.890. The predicted octanol–water partition coefficient (Wildman–Crippen LogP) is 3.19. The van der Waals surface area contributed by atoms with Crippen molar-refractivity contribution in [2.45, 2.75) is 18.9 Å². The Morgan fingerprint density at radius 2 is 2.06 bits per heavy atom. The van der Waals surface area contributed by atoms with Gasteiger partial charge in [-0.05, 0) is 19.4 Å². The minimum atomic E-state index is 0. The highest BCUT2D eigenvalue weighted by Crippen LogP contribution is 2.25. The molecular formula is C13H15ClN2O. The fraction of sp³-hybridized carbons (Fsp3) is 0.308. The van der Waals surface area contributed by atoms with Crippen molar-refractivity contribution in [2.75, 3.05) is 6.54 Å². The maximum atomic E-state index is 5.53. The van der Waals surface area contributed by atoms with Crippen LogP contribution in [0.2, 0.25) is 0 Å². The molecule has 1 fully saturated rings. The normalized spacial score (nSPS) is 18.9. The van der Waals surface area contributed by atoms with Crippen LogP contribution in [-0.4, -0.2) is 11.5 Å². The number of aromatic nitrogens is 1. The summed E-state index contributed by atoms with van der Waals surface area (Å²) >= 11 is 0. The van der Waals surface area contributed by atoms with Crippen molar-refractivity contribution in [2.24, 2.45) is 0 Å². The monoisotopic (exact) mass is 250 g/mol. The van der Waals surface area contributed by atoms with E-state index in [2.05, 4.69) is 10.3 Å². The Morgan fingerprint density at radius 3 is 2.76 bits per heavy atom. The maximum absolute atomic E-state index is 5.53. The second-order valence-corrected chi connectivity index (χ2v) is 4.09. The van der Waals surface area contributed by atoms with E-state index in [1.165, 1.54) is 6.42 Å². The van der Waals surface area contributed by atoms with Gasteiger partial charge in [-0.15, -0.1) is 12.4 Å². The number of rotatable bonds is 2. The first-order chi connectivity index (χ1) is 7.93. The average Bonchev–Trinajstić information content (AvgIpc) is 3.01. The lowest BCUT2D eigenvalue weighted by atomic mass is 10.2. The first-order valence-corrected chi connectivity index (χ1v) is 5.68. The standard InChI is InChI=1S/C13H14N2O.ClH/c1-2-5-10(6-3-1)12-9-16-13(15-12)11-7-4-8-14-11;/h1-3,5-6,9,11,14H,4,7-8H2;1H/t11-;/m0./s1. The van der Waals surface area contributed by atoms with Crippen molar-refractivity contribution >= 4 is 12.4 Å². The van der Waals surface area contributed by atoms with Crippen LogP contribution in [0.5, 0.6) is 0 Å². The number of nitrogens with one attached hydrogen (secondary N) is 1. The molecule has 0 radical (unpaired) electrons. The van der Waals surface area contributed by atoms with Gasteiger partial charge in [-0.2, -0.15) is 0 Å². The molecule has 1 atom stereocenters. The van der Waals surface area contributed by atoms with E-state index in [-0.39, 0.29) is 12.4 Å². The van der Waals surface area contributed by atoms with E-state index in [1.54, 1.807) is 6.26 Å². The molecule has 17 heavy (non-hydrogen) atoms. The zero-order valence-corrected chi connectivity index (χ0v) is 10.2. The van der Waals surface area contributed by atoms with Gasteiger partial charge in [-0.3, -0.25) is 0 Å². The Kier molecular flexibility index (Phi) is 3.82. The lowest BCUT2D eigenvalue weighted by Crippen LogP contribution is -2.12. The minimum absolute atomic E-state index is 0. The topological polar surface area (TPSA) is 38.1 Å². The molecule has 0 unspecified atom stereocenters. The first kappa shape index (κ1) is 12.1. The van der Waals surface area contributed by atoms with Crippen LogP contribution < -0.4 is 5.32 Å². The average molecular weight is 251 g/mol. The van der Waals surface area contributed by atoms with Crippen molar-refractivity contribution in [3.05, 3.63) is 42.5 Å². The third-order valence-corrected chi connectivity index (χ3v) is 2.95. The molecule has 3 rings (SSSR count). The van der Waals surface area contributed by atoms with Gasteiger partial charge < -0.3 is 9.73 Å². The lowest BCUT2D eigenvalue weighted by Gasteiger charge is -2.02. The summed E-state index contributed by atoms with van der Waals surface area (Å²) in [5.74, 6) is 0.816. The third kappa shape index (κ3) is 2.51. The minimum Gasteiger partial charge on any atom is -0.447 e. The van der Waals surface area contributed by atoms with Crippen molar-refractivity contribution in [1.29, 1.82) is 0 Å². The second-order valence-electron chi connectivity index (χ2n) is 4.09. The third-order valence-electron chi connectivity index (χ3n) is 2.95. The highest BCUT2D eigenvalue weighted by atomic mass is 35.5. The molecule has 90 valence electrons. The fourth-order valence-corrected chi connectivity index (χ4v) is 2.08. The molecule has 1 aliphatic heterocycles. The van der Waals surface area contributed by atoms with E-state index >= 15 is 0 Å². The molecular weight excluding hydrogens is 236 g/mol. The van der Waals surface area contributed by atoms with Crippen molar-refractivity contribution in [3.8, 4) is 11.3 Å². The number of hydrogen-bond acceptors (Lipinski definition) is 3. The second kappa shape index (κ2) is 5.34. The van der Waals surface area contributed by atoms with Gasteiger partial charge in [-0.25, -0.2) is 4.98 Å². The van der Waals surface area contributed by atoms with E-state index in [0.29, 0.717) is 6.04 Å². The zero-order chi connectivity index (χ0) is 10.8. The van der Waals surface area contributed by atoms with Gasteiger partial charge in [0, 0.05) is 5.56 Å². The van der Waals surface area contributed by atoms with Gasteiger partial charge in [0.1, 0.15) is 12.0 Å². The largest absolute Gasteiger partial charge is 0.447 e. The molecule has 1 saturated heterocycles.